The number of imide groups is 1. The molecule has 28 heavy (non-hydrogen) atoms. The first-order chi connectivity index (χ1) is 13.5. The first kappa shape index (κ1) is 20.1. The molecule has 8 nitrogen and oxygen atoms in total. The van der Waals surface area contributed by atoms with E-state index >= 15 is 0 Å². The van der Waals surface area contributed by atoms with Gasteiger partial charge in [0.1, 0.15) is 5.69 Å². The Kier molecular flexibility index (Phi) is 6.80. The minimum atomic E-state index is -0.723. The van der Waals surface area contributed by atoms with Crippen molar-refractivity contribution in [1.82, 2.24) is 20.8 Å². The largest absolute Gasteiger partial charge is 0.451 e. The van der Waals surface area contributed by atoms with Crippen molar-refractivity contribution in [2.24, 2.45) is 0 Å². The molecule has 3 rings (SSSR count). The van der Waals surface area contributed by atoms with E-state index in [9.17, 15) is 14.4 Å². The van der Waals surface area contributed by atoms with Crippen LogP contribution >= 0.6 is 15.9 Å². The molecular formula is C19H21BrN4O4. The second kappa shape index (κ2) is 9.50. The molecule has 0 spiro atoms. The summed E-state index contributed by atoms with van der Waals surface area (Å²) in [5.74, 6) is -1.41. The van der Waals surface area contributed by atoms with Crippen LogP contribution in [0.2, 0.25) is 0 Å². The normalized spacial score (nSPS) is 14.3. The quantitative estimate of drug-likeness (QED) is 0.607. The third-order valence-electron chi connectivity index (χ3n) is 4.47. The number of carbonyl (C=O) groups excluding carboxylic acids is 3. The molecule has 1 saturated carbocycles. The highest BCUT2D eigenvalue weighted by molar-refractivity contribution is 9.10. The van der Waals surface area contributed by atoms with Gasteiger partial charge < -0.3 is 10.1 Å². The van der Waals surface area contributed by atoms with E-state index in [1.165, 1.54) is 6.42 Å². The Labute approximate surface area is 170 Å². The van der Waals surface area contributed by atoms with Gasteiger partial charge in [0.05, 0.1) is 5.69 Å². The van der Waals surface area contributed by atoms with Gasteiger partial charge in [0.2, 0.25) is 0 Å². The van der Waals surface area contributed by atoms with E-state index in [4.69, 9.17) is 4.74 Å². The molecule has 1 aromatic heterocycles. The highest BCUT2D eigenvalue weighted by Gasteiger charge is 2.18. The van der Waals surface area contributed by atoms with E-state index < -0.39 is 24.5 Å². The van der Waals surface area contributed by atoms with E-state index in [0.717, 1.165) is 35.7 Å². The monoisotopic (exact) mass is 448 g/mol. The summed E-state index contributed by atoms with van der Waals surface area (Å²) in [5, 5.41) is 11.6. The molecule has 3 N–H and O–H groups in total. The fraction of sp³-hybridized carbons (Fsp3) is 0.368. The number of nitrogens with zero attached hydrogens (tertiary/aromatic N) is 1. The number of benzene rings is 1. The number of H-pyrrole nitrogens is 1. The van der Waals surface area contributed by atoms with Crippen LogP contribution in [0.5, 0.6) is 0 Å². The molecule has 1 aromatic carbocycles. The number of hydrogen-bond donors (Lipinski definition) is 3. The molecule has 0 aliphatic heterocycles. The second-order valence-electron chi connectivity index (χ2n) is 6.61. The molecule has 0 bridgehead atoms. The van der Waals surface area contributed by atoms with Crippen molar-refractivity contribution >= 4 is 33.8 Å². The lowest BCUT2D eigenvalue weighted by Gasteiger charge is -2.22. The summed E-state index contributed by atoms with van der Waals surface area (Å²) in [5.41, 5.74) is 1.53. The first-order valence-corrected chi connectivity index (χ1v) is 9.89. The van der Waals surface area contributed by atoms with Gasteiger partial charge in [-0.25, -0.2) is 9.59 Å². The van der Waals surface area contributed by atoms with Crippen molar-refractivity contribution in [1.29, 1.82) is 0 Å². The minimum Gasteiger partial charge on any atom is -0.451 e. The zero-order valence-corrected chi connectivity index (χ0v) is 16.8. The lowest BCUT2D eigenvalue weighted by molar-refractivity contribution is -0.123. The van der Waals surface area contributed by atoms with E-state index in [-0.39, 0.29) is 11.7 Å². The summed E-state index contributed by atoms with van der Waals surface area (Å²) in [7, 11) is 0. The molecule has 1 fully saturated rings. The molecule has 0 radical (unpaired) electrons. The summed E-state index contributed by atoms with van der Waals surface area (Å²) >= 11 is 3.36. The van der Waals surface area contributed by atoms with Gasteiger partial charge in [-0.2, -0.15) is 5.10 Å². The van der Waals surface area contributed by atoms with Crippen molar-refractivity contribution in [3.63, 3.8) is 0 Å². The molecule has 1 aliphatic carbocycles. The van der Waals surface area contributed by atoms with Crippen LogP contribution < -0.4 is 10.6 Å². The van der Waals surface area contributed by atoms with E-state index in [1.807, 2.05) is 24.3 Å². The number of aromatic amines is 1. The third-order valence-corrected chi connectivity index (χ3v) is 4.99. The molecule has 0 saturated heterocycles. The fourth-order valence-electron chi connectivity index (χ4n) is 3.03. The van der Waals surface area contributed by atoms with Crippen LogP contribution in [0.25, 0.3) is 11.3 Å². The standard InChI is InChI=1S/C19H21BrN4O4/c20-13-8-6-12(7-9-13)15-10-16(24-23-15)18(26)28-11-17(25)22-19(27)21-14-4-2-1-3-5-14/h6-10,14H,1-5,11H2,(H,23,24)(H2,21,22,25,27). The molecule has 148 valence electrons. The van der Waals surface area contributed by atoms with Crippen LogP contribution in [0.15, 0.2) is 34.8 Å². The van der Waals surface area contributed by atoms with Crippen LogP contribution in [0.3, 0.4) is 0 Å². The third kappa shape index (κ3) is 5.66. The smallest absolute Gasteiger partial charge is 0.356 e. The average molecular weight is 449 g/mol. The van der Waals surface area contributed by atoms with Crippen molar-refractivity contribution in [2.75, 3.05) is 6.61 Å². The SMILES string of the molecule is O=C(COC(=O)c1cc(-c2ccc(Br)cc2)n[nH]1)NC(=O)NC1CCCCC1. The van der Waals surface area contributed by atoms with Crippen molar-refractivity contribution < 1.29 is 19.1 Å². The molecule has 2 aromatic rings. The maximum atomic E-state index is 12.1. The van der Waals surface area contributed by atoms with E-state index in [0.29, 0.717) is 5.69 Å². The number of esters is 1. The minimum absolute atomic E-state index is 0.0890. The predicted octanol–water partition coefficient (Wildman–Crippen LogP) is 3.15. The lowest BCUT2D eigenvalue weighted by Crippen LogP contribution is -2.46. The maximum absolute atomic E-state index is 12.1. The predicted molar refractivity (Wildman–Crippen MR) is 106 cm³/mol. The Morgan fingerprint density at radius 1 is 1.14 bits per heavy atom. The summed E-state index contributed by atoms with van der Waals surface area (Å²) < 4.78 is 5.87. The number of ether oxygens (including phenoxy) is 1. The molecule has 1 heterocycles. The number of urea groups is 1. The molecule has 0 atom stereocenters. The fourth-order valence-corrected chi connectivity index (χ4v) is 3.30. The highest BCUT2D eigenvalue weighted by Crippen LogP contribution is 2.20. The molecule has 3 amide bonds. The number of halogens is 1. The van der Waals surface area contributed by atoms with Gasteiger partial charge in [-0.15, -0.1) is 0 Å². The summed E-state index contributed by atoms with van der Waals surface area (Å²) in [6.45, 7) is -0.552. The Hall–Kier alpha value is -2.68. The van der Waals surface area contributed by atoms with Gasteiger partial charge in [0, 0.05) is 16.1 Å². The summed E-state index contributed by atoms with van der Waals surface area (Å²) in [6.07, 6.45) is 5.14. The van der Waals surface area contributed by atoms with Crippen LogP contribution in [-0.2, 0) is 9.53 Å². The Balaban J connectivity index is 1.45. The number of nitrogens with one attached hydrogen (secondary N) is 3. The molecule has 0 unspecified atom stereocenters. The Morgan fingerprint density at radius 3 is 2.57 bits per heavy atom. The van der Waals surface area contributed by atoms with Crippen LogP contribution in [0.1, 0.15) is 42.6 Å². The zero-order chi connectivity index (χ0) is 19.9. The van der Waals surface area contributed by atoms with Crippen molar-refractivity contribution in [3.8, 4) is 11.3 Å². The van der Waals surface area contributed by atoms with Crippen LogP contribution in [-0.4, -0.2) is 40.8 Å². The Bertz CT molecular complexity index is 844. The van der Waals surface area contributed by atoms with Gasteiger partial charge in [-0.1, -0.05) is 47.3 Å². The van der Waals surface area contributed by atoms with Gasteiger partial charge in [0.25, 0.3) is 5.91 Å². The Morgan fingerprint density at radius 2 is 1.86 bits per heavy atom. The number of rotatable bonds is 5. The van der Waals surface area contributed by atoms with Crippen molar-refractivity contribution in [2.45, 2.75) is 38.1 Å². The number of amides is 3. The number of hydrogen-bond acceptors (Lipinski definition) is 5. The first-order valence-electron chi connectivity index (χ1n) is 9.10. The van der Waals surface area contributed by atoms with Gasteiger partial charge in [-0.05, 0) is 31.0 Å². The van der Waals surface area contributed by atoms with Gasteiger partial charge >= 0.3 is 12.0 Å². The molecule has 9 heteroatoms. The van der Waals surface area contributed by atoms with E-state index in [2.05, 4.69) is 36.8 Å². The molecular weight excluding hydrogens is 428 g/mol. The highest BCUT2D eigenvalue weighted by atomic mass is 79.9. The number of aromatic nitrogens is 2. The van der Waals surface area contributed by atoms with Crippen molar-refractivity contribution in [3.05, 3.63) is 40.5 Å². The topological polar surface area (TPSA) is 113 Å². The van der Waals surface area contributed by atoms with Crippen LogP contribution in [0, 0.1) is 0 Å². The number of carbonyl (C=O) groups is 3. The maximum Gasteiger partial charge on any atom is 0.356 e. The zero-order valence-electron chi connectivity index (χ0n) is 15.2. The van der Waals surface area contributed by atoms with Gasteiger partial charge in [0.15, 0.2) is 6.61 Å². The average Bonchev–Trinajstić information content (AvgIpc) is 3.17. The summed E-state index contributed by atoms with van der Waals surface area (Å²) in [6, 6.07) is 8.51. The molecule has 1 aliphatic rings. The second-order valence-corrected chi connectivity index (χ2v) is 7.52. The van der Waals surface area contributed by atoms with Crippen LogP contribution in [0.4, 0.5) is 4.79 Å². The van der Waals surface area contributed by atoms with E-state index in [1.54, 1.807) is 6.07 Å². The van der Waals surface area contributed by atoms with Gasteiger partial charge in [-0.3, -0.25) is 15.2 Å². The lowest BCUT2D eigenvalue weighted by atomic mass is 9.96. The summed E-state index contributed by atoms with van der Waals surface area (Å²) in [4.78, 5) is 35.7.